The van der Waals surface area contributed by atoms with E-state index in [1.807, 2.05) is 0 Å². The first kappa shape index (κ1) is 50.9. The Morgan fingerprint density at radius 2 is 1.02 bits per heavy atom. The zero-order valence-corrected chi connectivity index (χ0v) is 34.7. The van der Waals surface area contributed by atoms with Crippen LogP contribution in [0.1, 0.15) is 181 Å². The predicted octanol–water partition coefficient (Wildman–Crippen LogP) is 9.11. The summed E-state index contributed by atoms with van der Waals surface area (Å²) in [6.45, 7) is 3.37. The highest BCUT2D eigenvalue weighted by molar-refractivity contribution is 5.70. The minimum absolute atomic E-state index is 0.221. The third kappa shape index (κ3) is 28.0. The zero-order valence-electron chi connectivity index (χ0n) is 34.7. The molecular weight excluding hydrogens is 700 g/mol. The van der Waals surface area contributed by atoms with Gasteiger partial charge in [-0.1, -0.05) is 140 Å². The van der Waals surface area contributed by atoms with Crippen LogP contribution >= 0.6 is 0 Å². The molecule has 0 aromatic heterocycles. The van der Waals surface area contributed by atoms with Crippen molar-refractivity contribution >= 4 is 11.9 Å². The van der Waals surface area contributed by atoms with Gasteiger partial charge in [0.05, 0.1) is 13.2 Å². The maximum atomic E-state index is 12.8. The molecule has 1 rings (SSSR count). The van der Waals surface area contributed by atoms with Crippen LogP contribution < -0.4 is 0 Å². The zero-order chi connectivity index (χ0) is 40.2. The topological polar surface area (TPSA) is 152 Å². The largest absolute Gasteiger partial charge is 0.462 e. The number of aliphatic hydroxyl groups is 4. The maximum absolute atomic E-state index is 12.8. The van der Waals surface area contributed by atoms with E-state index >= 15 is 0 Å². The molecule has 55 heavy (non-hydrogen) atoms. The summed E-state index contributed by atoms with van der Waals surface area (Å²) in [5.74, 6) is -0.829. The van der Waals surface area contributed by atoms with Gasteiger partial charge < -0.3 is 39.4 Å². The fourth-order valence-electron chi connectivity index (χ4n) is 6.47. The molecule has 10 heteroatoms. The van der Waals surface area contributed by atoms with Crippen molar-refractivity contribution in [3.05, 3.63) is 36.5 Å². The van der Waals surface area contributed by atoms with Crippen LogP contribution in [0.5, 0.6) is 0 Å². The molecule has 1 fully saturated rings. The van der Waals surface area contributed by atoms with Gasteiger partial charge in [0.15, 0.2) is 12.4 Å². The van der Waals surface area contributed by atoms with Crippen LogP contribution in [0, 0.1) is 0 Å². The third-order valence-corrected chi connectivity index (χ3v) is 10.0. The van der Waals surface area contributed by atoms with Crippen molar-refractivity contribution in [2.24, 2.45) is 0 Å². The second kappa shape index (κ2) is 36.3. The van der Waals surface area contributed by atoms with E-state index in [0.29, 0.717) is 12.8 Å². The predicted molar refractivity (Wildman–Crippen MR) is 219 cm³/mol. The van der Waals surface area contributed by atoms with Crippen LogP contribution in [0.4, 0.5) is 0 Å². The van der Waals surface area contributed by atoms with Gasteiger partial charge in [-0.2, -0.15) is 0 Å². The van der Waals surface area contributed by atoms with Crippen LogP contribution in [0.3, 0.4) is 0 Å². The first-order valence-corrected chi connectivity index (χ1v) is 22.1. The van der Waals surface area contributed by atoms with E-state index in [9.17, 15) is 30.0 Å². The van der Waals surface area contributed by atoms with E-state index in [1.165, 1.54) is 77.0 Å². The highest BCUT2D eigenvalue weighted by Crippen LogP contribution is 2.22. The molecule has 0 bridgehead atoms. The van der Waals surface area contributed by atoms with Crippen molar-refractivity contribution in [1.29, 1.82) is 0 Å². The average Bonchev–Trinajstić information content (AvgIpc) is 3.18. The van der Waals surface area contributed by atoms with Gasteiger partial charge in [0.2, 0.25) is 0 Å². The van der Waals surface area contributed by atoms with E-state index in [2.05, 4.69) is 50.3 Å². The van der Waals surface area contributed by atoms with Crippen LogP contribution in [0.2, 0.25) is 0 Å². The molecule has 4 N–H and O–H groups in total. The number of carbonyl (C=O) groups is 2. The van der Waals surface area contributed by atoms with Crippen LogP contribution in [-0.2, 0) is 28.5 Å². The second-order valence-corrected chi connectivity index (χ2v) is 15.2. The van der Waals surface area contributed by atoms with Gasteiger partial charge in [-0.25, -0.2) is 0 Å². The van der Waals surface area contributed by atoms with Gasteiger partial charge >= 0.3 is 11.9 Å². The molecule has 1 heterocycles. The number of aliphatic hydroxyl groups excluding tert-OH is 4. The number of hydrogen-bond acceptors (Lipinski definition) is 10. The van der Waals surface area contributed by atoms with E-state index < -0.39 is 55.4 Å². The normalized spacial score (nSPS) is 20.9. The molecule has 10 nitrogen and oxygen atoms in total. The summed E-state index contributed by atoms with van der Waals surface area (Å²) < 4.78 is 22.1. The molecule has 6 atom stereocenters. The Kier molecular flexibility index (Phi) is 33.6. The Hall–Kier alpha value is -2.08. The van der Waals surface area contributed by atoms with Crippen molar-refractivity contribution in [3.8, 4) is 0 Å². The number of hydrogen-bond donors (Lipinski definition) is 4. The Labute approximate surface area is 334 Å². The summed E-state index contributed by atoms with van der Waals surface area (Å²) in [4.78, 5) is 25.3. The van der Waals surface area contributed by atoms with Crippen molar-refractivity contribution < 1.29 is 49.0 Å². The summed E-state index contributed by atoms with van der Waals surface area (Å²) in [6, 6.07) is 0. The molecule has 1 aliphatic heterocycles. The average molecular weight is 781 g/mol. The number of ether oxygens (including phenoxy) is 4. The lowest BCUT2D eigenvalue weighted by molar-refractivity contribution is -0.305. The van der Waals surface area contributed by atoms with E-state index in [-0.39, 0.29) is 26.1 Å². The lowest BCUT2D eigenvalue weighted by atomic mass is 9.99. The monoisotopic (exact) mass is 781 g/mol. The Balaban J connectivity index is 2.36. The fourth-order valence-corrected chi connectivity index (χ4v) is 6.47. The van der Waals surface area contributed by atoms with Crippen molar-refractivity contribution in [1.82, 2.24) is 0 Å². The maximum Gasteiger partial charge on any atom is 0.306 e. The molecule has 0 aromatic carbocycles. The van der Waals surface area contributed by atoms with Gasteiger partial charge in [-0.05, 0) is 64.2 Å². The van der Waals surface area contributed by atoms with Crippen LogP contribution in [0.25, 0.3) is 0 Å². The summed E-state index contributed by atoms with van der Waals surface area (Å²) in [7, 11) is 0. The van der Waals surface area contributed by atoms with E-state index in [0.717, 1.165) is 64.2 Å². The molecule has 0 radical (unpaired) electrons. The van der Waals surface area contributed by atoms with Gasteiger partial charge in [0.1, 0.15) is 31.0 Å². The Morgan fingerprint density at radius 3 is 1.53 bits per heavy atom. The number of carbonyl (C=O) groups excluding carboxylic acids is 2. The van der Waals surface area contributed by atoms with Gasteiger partial charge in [0.25, 0.3) is 0 Å². The van der Waals surface area contributed by atoms with Crippen molar-refractivity contribution in [3.63, 3.8) is 0 Å². The third-order valence-electron chi connectivity index (χ3n) is 10.0. The number of unbranched alkanes of at least 4 members (excludes halogenated alkanes) is 20. The van der Waals surface area contributed by atoms with Crippen LogP contribution in [-0.4, -0.2) is 89.0 Å². The highest BCUT2D eigenvalue weighted by Gasteiger charge is 2.44. The van der Waals surface area contributed by atoms with Gasteiger partial charge in [0, 0.05) is 12.8 Å². The van der Waals surface area contributed by atoms with Gasteiger partial charge in [-0.15, -0.1) is 0 Å². The number of allylic oxidation sites excluding steroid dienone is 6. The van der Waals surface area contributed by atoms with Crippen LogP contribution in [0.15, 0.2) is 36.5 Å². The summed E-state index contributed by atoms with van der Waals surface area (Å²) in [6.07, 6.45) is 32.9. The van der Waals surface area contributed by atoms with Crippen molar-refractivity contribution in [2.75, 3.05) is 19.8 Å². The Bertz CT molecular complexity index is 996. The first-order valence-electron chi connectivity index (χ1n) is 22.1. The molecular formula is C45H80O10. The lowest BCUT2D eigenvalue weighted by Crippen LogP contribution is -2.59. The molecule has 2 unspecified atom stereocenters. The number of rotatable bonds is 36. The number of esters is 2. The van der Waals surface area contributed by atoms with E-state index in [1.54, 1.807) is 0 Å². The molecule has 0 aliphatic carbocycles. The smallest absolute Gasteiger partial charge is 0.306 e. The summed E-state index contributed by atoms with van der Waals surface area (Å²) in [5, 5.41) is 40.0. The van der Waals surface area contributed by atoms with Crippen molar-refractivity contribution in [2.45, 2.75) is 218 Å². The molecule has 0 amide bonds. The lowest BCUT2D eigenvalue weighted by Gasteiger charge is -2.39. The standard InChI is InChI=1S/C45H80O10/c1-3-5-7-9-11-13-15-17-19-21-23-25-27-29-31-33-40(47)52-36-38(37-53-45-44(51)43(50)42(49)39(35-46)55-45)54-41(48)34-32-30-28-26-24-22-20-18-16-14-12-10-8-6-4-2/h13-17,19,38-39,42-46,49-51H,3-12,18,20-37H2,1-2H3/b15-13+,16-14+,19-17+/t38-,39-,42+,43?,44?,45-/m0/s1. The molecule has 0 aromatic rings. The van der Waals surface area contributed by atoms with E-state index in [4.69, 9.17) is 18.9 Å². The first-order chi connectivity index (χ1) is 26.8. The fraction of sp³-hybridized carbons (Fsp3) is 0.822. The second-order valence-electron chi connectivity index (χ2n) is 15.2. The minimum Gasteiger partial charge on any atom is -0.462 e. The highest BCUT2D eigenvalue weighted by atomic mass is 16.7. The molecule has 1 aliphatic rings. The SMILES string of the molecule is CCCCCC/C=C/C=C/CCCCCCCC(=O)OC[C@@H](CO[C@H]1O[C@@H](CO)[C@@H](O)C(O)C1O)OC(=O)CCCCCCCCC/C=C/CCCCCC. The molecule has 320 valence electrons. The minimum atomic E-state index is -1.60. The summed E-state index contributed by atoms with van der Waals surface area (Å²) in [5.41, 5.74) is 0. The summed E-state index contributed by atoms with van der Waals surface area (Å²) >= 11 is 0. The molecule has 0 saturated carbocycles. The quantitative estimate of drug-likeness (QED) is 0.0210. The molecule has 1 saturated heterocycles. The van der Waals surface area contributed by atoms with Gasteiger partial charge in [-0.3, -0.25) is 9.59 Å². The Morgan fingerprint density at radius 1 is 0.564 bits per heavy atom. The molecule has 0 spiro atoms.